The lowest BCUT2D eigenvalue weighted by Gasteiger charge is -2.29. The van der Waals surface area contributed by atoms with Crippen molar-refractivity contribution >= 4 is 11.7 Å². The van der Waals surface area contributed by atoms with E-state index in [0.29, 0.717) is 0 Å². The van der Waals surface area contributed by atoms with Crippen LogP contribution in [0.2, 0.25) is 0 Å². The summed E-state index contributed by atoms with van der Waals surface area (Å²) in [5, 5.41) is 10.5. The summed E-state index contributed by atoms with van der Waals surface area (Å²) in [6, 6.07) is 12.4. The zero-order valence-electron chi connectivity index (χ0n) is 15.1. The Morgan fingerprint density at radius 3 is 2.31 bits per heavy atom. The summed E-state index contributed by atoms with van der Waals surface area (Å²) < 4.78 is 0. The van der Waals surface area contributed by atoms with E-state index in [1.54, 1.807) is 38.1 Å². The SMILES string of the molecule is CC(C)(C)C(=O)C1=C(O)C(=O)N(Cc2ccncc2)C1c1ccccc1. The molecule has 1 aromatic carbocycles. The quantitative estimate of drug-likeness (QED) is 0.915. The number of Topliss-reactive ketones (excluding diaryl/α,β-unsaturated/α-hetero) is 1. The van der Waals surface area contributed by atoms with E-state index in [2.05, 4.69) is 4.98 Å². The number of carbonyl (C=O) groups excluding carboxylic acids is 2. The molecule has 0 saturated heterocycles. The van der Waals surface area contributed by atoms with Crippen LogP contribution in [0.25, 0.3) is 0 Å². The molecule has 26 heavy (non-hydrogen) atoms. The van der Waals surface area contributed by atoms with E-state index in [4.69, 9.17) is 0 Å². The van der Waals surface area contributed by atoms with Gasteiger partial charge in [-0.2, -0.15) is 0 Å². The Hall–Kier alpha value is -2.95. The molecule has 1 aliphatic rings. The number of aliphatic hydroxyl groups excluding tert-OH is 1. The molecule has 1 N–H and O–H groups in total. The molecule has 134 valence electrons. The second-order valence-electron chi connectivity index (χ2n) is 7.44. The van der Waals surface area contributed by atoms with E-state index < -0.39 is 23.1 Å². The molecule has 2 heterocycles. The van der Waals surface area contributed by atoms with Gasteiger partial charge < -0.3 is 10.0 Å². The van der Waals surface area contributed by atoms with Crippen molar-refractivity contribution in [2.45, 2.75) is 33.4 Å². The number of aliphatic hydroxyl groups is 1. The van der Waals surface area contributed by atoms with E-state index in [-0.39, 0.29) is 17.9 Å². The van der Waals surface area contributed by atoms with Gasteiger partial charge in [0.05, 0.1) is 11.6 Å². The molecule has 1 aliphatic heterocycles. The number of hydrogen-bond acceptors (Lipinski definition) is 4. The molecule has 1 unspecified atom stereocenters. The van der Waals surface area contributed by atoms with Crippen molar-refractivity contribution in [2.24, 2.45) is 5.41 Å². The van der Waals surface area contributed by atoms with Crippen LogP contribution in [0.3, 0.4) is 0 Å². The number of carbonyl (C=O) groups is 2. The van der Waals surface area contributed by atoms with Crippen molar-refractivity contribution in [1.82, 2.24) is 9.88 Å². The summed E-state index contributed by atoms with van der Waals surface area (Å²) in [5.74, 6) is -1.20. The number of aromatic nitrogens is 1. The minimum absolute atomic E-state index is 0.169. The van der Waals surface area contributed by atoms with Crippen LogP contribution in [0.5, 0.6) is 0 Å². The normalized spacial score (nSPS) is 17.7. The summed E-state index contributed by atoms with van der Waals surface area (Å²) in [4.78, 5) is 31.3. The maximum absolute atomic E-state index is 13.0. The highest BCUT2D eigenvalue weighted by Gasteiger charge is 2.45. The smallest absolute Gasteiger partial charge is 0.290 e. The number of nitrogens with zero attached hydrogens (tertiary/aromatic N) is 2. The Labute approximate surface area is 153 Å². The molecule has 1 atom stereocenters. The van der Waals surface area contributed by atoms with Gasteiger partial charge in [0.15, 0.2) is 11.5 Å². The first kappa shape index (κ1) is 17.9. The molecular formula is C21H22N2O3. The van der Waals surface area contributed by atoms with Gasteiger partial charge in [-0.3, -0.25) is 14.6 Å². The molecule has 5 nitrogen and oxygen atoms in total. The summed E-state index contributed by atoms with van der Waals surface area (Å²) in [5.41, 5.74) is 1.14. The van der Waals surface area contributed by atoms with E-state index in [9.17, 15) is 14.7 Å². The van der Waals surface area contributed by atoms with Crippen molar-refractivity contribution in [3.05, 3.63) is 77.3 Å². The fourth-order valence-corrected chi connectivity index (χ4v) is 3.12. The zero-order valence-corrected chi connectivity index (χ0v) is 15.1. The second kappa shape index (κ2) is 6.75. The number of rotatable bonds is 4. The maximum atomic E-state index is 13.0. The highest BCUT2D eigenvalue weighted by atomic mass is 16.3. The van der Waals surface area contributed by atoms with Crippen LogP contribution in [0.4, 0.5) is 0 Å². The molecule has 0 bridgehead atoms. The molecule has 0 fully saturated rings. The third kappa shape index (κ3) is 3.25. The van der Waals surface area contributed by atoms with Gasteiger partial charge in [0.2, 0.25) is 0 Å². The van der Waals surface area contributed by atoms with Gasteiger partial charge in [0.1, 0.15) is 0 Å². The lowest BCUT2D eigenvalue weighted by Crippen LogP contribution is -2.32. The molecule has 2 aromatic rings. The number of amides is 1. The Kier molecular flexibility index (Phi) is 4.64. The Morgan fingerprint density at radius 1 is 1.12 bits per heavy atom. The van der Waals surface area contributed by atoms with Gasteiger partial charge in [0.25, 0.3) is 5.91 Å². The van der Waals surface area contributed by atoms with Crippen molar-refractivity contribution < 1.29 is 14.7 Å². The predicted molar refractivity (Wildman–Crippen MR) is 98.1 cm³/mol. The molecule has 0 spiro atoms. The van der Waals surface area contributed by atoms with Crippen LogP contribution >= 0.6 is 0 Å². The van der Waals surface area contributed by atoms with Crippen molar-refractivity contribution in [3.8, 4) is 0 Å². The minimum atomic E-state index is -0.705. The van der Waals surface area contributed by atoms with Crippen LogP contribution in [0, 0.1) is 5.41 Å². The largest absolute Gasteiger partial charge is 0.503 e. The van der Waals surface area contributed by atoms with Gasteiger partial charge in [0, 0.05) is 24.4 Å². The maximum Gasteiger partial charge on any atom is 0.290 e. The fraction of sp³-hybridized carbons (Fsp3) is 0.286. The Balaban J connectivity index is 2.08. The third-order valence-corrected chi connectivity index (χ3v) is 4.45. The Morgan fingerprint density at radius 2 is 1.73 bits per heavy atom. The van der Waals surface area contributed by atoms with Crippen LogP contribution in [-0.2, 0) is 16.1 Å². The summed E-state index contributed by atoms with van der Waals surface area (Å²) in [7, 11) is 0. The lowest BCUT2D eigenvalue weighted by atomic mass is 9.82. The molecular weight excluding hydrogens is 328 g/mol. The predicted octanol–water partition coefficient (Wildman–Crippen LogP) is 3.59. The highest BCUT2D eigenvalue weighted by Crippen LogP contribution is 2.41. The minimum Gasteiger partial charge on any atom is -0.503 e. The van der Waals surface area contributed by atoms with Crippen molar-refractivity contribution in [1.29, 1.82) is 0 Å². The van der Waals surface area contributed by atoms with Gasteiger partial charge in [-0.05, 0) is 23.3 Å². The van der Waals surface area contributed by atoms with E-state index in [0.717, 1.165) is 11.1 Å². The number of benzene rings is 1. The van der Waals surface area contributed by atoms with Crippen LogP contribution in [0.1, 0.15) is 37.9 Å². The molecule has 0 aliphatic carbocycles. The third-order valence-electron chi connectivity index (χ3n) is 4.45. The molecule has 3 rings (SSSR count). The fourth-order valence-electron chi connectivity index (χ4n) is 3.12. The first-order valence-corrected chi connectivity index (χ1v) is 8.53. The summed E-state index contributed by atoms with van der Waals surface area (Å²) >= 11 is 0. The van der Waals surface area contributed by atoms with Crippen LogP contribution < -0.4 is 0 Å². The van der Waals surface area contributed by atoms with Crippen LogP contribution in [-0.4, -0.2) is 26.7 Å². The molecule has 1 aromatic heterocycles. The van der Waals surface area contributed by atoms with E-state index in [1.807, 2.05) is 42.5 Å². The number of pyridine rings is 1. The summed E-state index contributed by atoms with van der Waals surface area (Å²) in [6.45, 7) is 5.64. The molecule has 0 radical (unpaired) electrons. The van der Waals surface area contributed by atoms with E-state index >= 15 is 0 Å². The molecule has 1 amide bonds. The van der Waals surface area contributed by atoms with Crippen LogP contribution in [0.15, 0.2) is 66.2 Å². The summed E-state index contributed by atoms with van der Waals surface area (Å²) in [6.07, 6.45) is 3.31. The van der Waals surface area contributed by atoms with E-state index in [1.165, 1.54) is 0 Å². The monoisotopic (exact) mass is 350 g/mol. The second-order valence-corrected chi connectivity index (χ2v) is 7.44. The van der Waals surface area contributed by atoms with Gasteiger partial charge in [-0.25, -0.2) is 0 Å². The average molecular weight is 350 g/mol. The number of hydrogen-bond donors (Lipinski definition) is 1. The Bertz CT molecular complexity index is 852. The zero-order chi connectivity index (χ0) is 18.9. The first-order chi connectivity index (χ1) is 12.3. The average Bonchev–Trinajstić information content (AvgIpc) is 2.87. The topological polar surface area (TPSA) is 70.5 Å². The number of ketones is 1. The lowest BCUT2D eigenvalue weighted by molar-refractivity contribution is -0.130. The van der Waals surface area contributed by atoms with Gasteiger partial charge >= 0.3 is 0 Å². The molecule has 0 saturated carbocycles. The van der Waals surface area contributed by atoms with Gasteiger partial charge in [-0.15, -0.1) is 0 Å². The standard InChI is InChI=1S/C21H22N2O3/c1-21(2,3)19(25)16-17(15-7-5-4-6-8-15)23(20(26)18(16)24)13-14-9-11-22-12-10-14/h4-12,17,24H,13H2,1-3H3. The first-order valence-electron chi connectivity index (χ1n) is 8.53. The highest BCUT2D eigenvalue weighted by molar-refractivity contribution is 6.10. The van der Waals surface area contributed by atoms with Crippen molar-refractivity contribution in [2.75, 3.05) is 0 Å². The van der Waals surface area contributed by atoms with Gasteiger partial charge in [-0.1, -0.05) is 51.1 Å². The molecule has 5 heteroatoms. The van der Waals surface area contributed by atoms with Crippen molar-refractivity contribution in [3.63, 3.8) is 0 Å².